The van der Waals surface area contributed by atoms with E-state index in [4.69, 9.17) is 43.6 Å². The Morgan fingerprint density at radius 2 is 0.915 bits per heavy atom. The molecule has 14 nitrogen and oxygen atoms in total. The van der Waals surface area contributed by atoms with Gasteiger partial charge in [0.2, 0.25) is 0 Å². The van der Waals surface area contributed by atoms with Crippen LogP contribution >= 0.6 is 23.2 Å². The molecule has 2 aromatic heterocycles. The van der Waals surface area contributed by atoms with Crippen molar-refractivity contribution in [1.82, 2.24) is 24.8 Å². The van der Waals surface area contributed by atoms with Crippen molar-refractivity contribution in [1.29, 1.82) is 0 Å². The molecule has 22 heteroatoms. The number of rotatable bonds is 19. The molecule has 0 saturated heterocycles. The number of hydrogen-bond acceptors (Lipinski definition) is 11. The number of imidazole rings is 2. The van der Waals surface area contributed by atoms with Crippen molar-refractivity contribution in [2.45, 2.75) is 60.5 Å². The number of amides is 2. The number of ether oxygens (including phenoxy) is 2. The summed E-state index contributed by atoms with van der Waals surface area (Å²) in [6.45, 7) is -5.84. The second kappa shape index (κ2) is 23.0. The van der Waals surface area contributed by atoms with Crippen molar-refractivity contribution in [2.75, 3.05) is 24.6 Å². The molecule has 2 fully saturated rings. The van der Waals surface area contributed by atoms with Gasteiger partial charge in [-0.25, -0.2) is 26.8 Å². The molecule has 3 aliphatic rings. The summed E-state index contributed by atoms with van der Waals surface area (Å²) in [4.78, 5) is 44.3. The summed E-state index contributed by atoms with van der Waals surface area (Å²) in [5.41, 5.74) is 12.1. The number of nitrogens with zero attached hydrogens (tertiary/aromatic N) is 3. The van der Waals surface area contributed by atoms with Crippen LogP contribution in [0.25, 0.3) is 44.3 Å². The fourth-order valence-electron chi connectivity index (χ4n) is 10.2. The standard InChI is InChI=1S/C34H26ClF2N3O5S.C26H24ClF2N3O3S/c35-27-16-29-28(15-25(27)22-5-3-4-8-30(22)45-34(36)37)38-31(39-29)26(17-40-32(41)23-6-1-2-7-24(23)33(40)42)20-11-13-21(14-12-20)46(43,44)18-19-9-10-19;27-21-12-23-22(11-19(21)18-3-1-2-4-24(18)35-26(28)29)31-25(32-23)20(13-30)16-7-9-17(10-8-16)36(33,34)14-15-5-6-15/h1-8,11-16,19,26,34H,9-10,17-18H2,(H,38,39);1-4,7-12,15,20,26H,5-6,13-14,30H2,(H,31,32). The van der Waals surface area contributed by atoms with Gasteiger partial charge in [0, 0.05) is 35.3 Å². The Morgan fingerprint density at radius 1 is 0.537 bits per heavy atom. The average Bonchev–Trinajstić information content (AvgIpc) is 3.51. The second-order valence-corrected chi connectivity index (χ2v) is 25.3. The number of sulfone groups is 2. The highest BCUT2D eigenvalue weighted by Gasteiger charge is 2.38. The van der Waals surface area contributed by atoms with Crippen molar-refractivity contribution in [3.8, 4) is 33.8 Å². The lowest BCUT2D eigenvalue weighted by Crippen LogP contribution is -2.34. The average molecular weight is 1190 g/mol. The van der Waals surface area contributed by atoms with Gasteiger partial charge in [0.05, 0.1) is 76.4 Å². The maximum Gasteiger partial charge on any atom is 0.387 e. The van der Waals surface area contributed by atoms with E-state index in [1.165, 1.54) is 12.1 Å². The highest BCUT2D eigenvalue weighted by molar-refractivity contribution is 7.91. The van der Waals surface area contributed by atoms with E-state index >= 15 is 0 Å². The van der Waals surface area contributed by atoms with Crippen LogP contribution in [0.3, 0.4) is 0 Å². The van der Waals surface area contributed by atoms with Crippen molar-refractivity contribution in [3.05, 3.63) is 190 Å². The third-order valence-electron chi connectivity index (χ3n) is 14.7. The van der Waals surface area contributed by atoms with E-state index in [2.05, 4.69) is 14.7 Å². The number of aromatic amines is 2. The van der Waals surface area contributed by atoms with Crippen molar-refractivity contribution in [2.24, 2.45) is 17.6 Å². The Labute approximate surface area is 478 Å². The number of nitrogens with two attached hydrogens (primary N) is 1. The predicted molar refractivity (Wildman–Crippen MR) is 303 cm³/mol. The van der Waals surface area contributed by atoms with Gasteiger partial charge in [-0.15, -0.1) is 0 Å². The quantitative estimate of drug-likeness (QED) is 0.0512. The first-order valence-corrected chi connectivity index (χ1v) is 30.2. The molecule has 0 radical (unpaired) electrons. The number of alkyl halides is 4. The summed E-state index contributed by atoms with van der Waals surface area (Å²) in [5, 5.41) is 0.604. The molecule has 9 aromatic rings. The molecule has 12 rings (SSSR count). The number of H-pyrrole nitrogens is 2. The molecule has 4 N–H and O–H groups in total. The zero-order valence-corrected chi connectivity index (χ0v) is 46.4. The van der Waals surface area contributed by atoms with Crippen molar-refractivity contribution < 1.29 is 53.5 Å². The van der Waals surface area contributed by atoms with Crippen LogP contribution in [-0.2, 0) is 19.7 Å². The molecule has 2 saturated carbocycles. The van der Waals surface area contributed by atoms with Gasteiger partial charge in [0.1, 0.15) is 23.1 Å². The Hall–Kier alpha value is -7.62. The molecular formula is C60H50Cl2F4N6O8S2. The predicted octanol–water partition coefficient (Wildman–Crippen LogP) is 12.9. The van der Waals surface area contributed by atoms with Crippen molar-refractivity contribution in [3.63, 3.8) is 0 Å². The van der Waals surface area contributed by atoms with Gasteiger partial charge in [-0.1, -0.05) is 96.0 Å². The SMILES string of the molecule is NCC(c1ccc(S(=O)(=O)CC2CC2)cc1)c1nc2cc(-c3ccccc3OC(F)F)c(Cl)cc2[nH]1.O=C1c2ccccc2C(=O)N1CC(c1ccc(S(=O)(=O)CC2CC2)cc1)c1nc2cc(-c3ccccc3OC(F)F)c(Cl)cc2[nH]1. The summed E-state index contributed by atoms with van der Waals surface area (Å²) in [6, 6.07) is 39.2. The van der Waals surface area contributed by atoms with Crippen LogP contribution in [0.5, 0.6) is 11.5 Å². The van der Waals surface area contributed by atoms with E-state index in [9.17, 15) is 44.0 Å². The largest absolute Gasteiger partial charge is 0.434 e. The van der Waals surface area contributed by atoms with E-state index < -0.39 is 50.6 Å². The second-order valence-electron chi connectivity index (χ2n) is 20.4. The van der Waals surface area contributed by atoms with Gasteiger partial charge in [0.15, 0.2) is 19.7 Å². The zero-order valence-electron chi connectivity index (χ0n) is 43.2. The minimum atomic E-state index is -3.46. The Kier molecular flexibility index (Phi) is 15.8. The summed E-state index contributed by atoms with van der Waals surface area (Å²) in [6.07, 6.45) is 3.74. The first-order chi connectivity index (χ1) is 39.3. The highest BCUT2D eigenvalue weighted by atomic mass is 35.5. The van der Waals surface area contributed by atoms with E-state index in [0.29, 0.717) is 82.6 Å². The molecule has 2 aliphatic carbocycles. The fourth-order valence-corrected chi connectivity index (χ4v) is 14.1. The van der Waals surface area contributed by atoms with Gasteiger partial charge in [-0.2, -0.15) is 17.6 Å². The third kappa shape index (κ3) is 12.0. The van der Waals surface area contributed by atoms with Crippen LogP contribution in [0.2, 0.25) is 10.0 Å². The summed E-state index contributed by atoms with van der Waals surface area (Å²) in [7, 11) is -6.77. The fraction of sp³-hybridized carbons (Fsp3) is 0.233. The Bertz CT molecular complexity index is 4110. The molecule has 2 amide bonds. The number of para-hydroxylation sites is 2. The molecule has 2 atom stereocenters. The van der Waals surface area contributed by atoms with Crippen molar-refractivity contribution >= 4 is 76.8 Å². The summed E-state index contributed by atoms with van der Waals surface area (Å²) >= 11 is 13.1. The summed E-state index contributed by atoms with van der Waals surface area (Å²) in [5.74, 6) is -0.167. The number of aromatic nitrogens is 4. The zero-order chi connectivity index (χ0) is 57.6. The number of hydrogen-bond donors (Lipinski definition) is 3. The molecule has 7 aromatic carbocycles. The maximum absolute atomic E-state index is 13.3. The van der Waals surface area contributed by atoms with Crippen LogP contribution in [0.15, 0.2) is 155 Å². The van der Waals surface area contributed by atoms with E-state index in [0.717, 1.165) is 36.1 Å². The number of carbonyl (C=O) groups excluding carboxylic acids is 2. The lowest BCUT2D eigenvalue weighted by Gasteiger charge is -2.22. The molecule has 3 heterocycles. The van der Waals surface area contributed by atoms with Gasteiger partial charge in [-0.3, -0.25) is 14.5 Å². The van der Waals surface area contributed by atoms with E-state index in [-0.39, 0.29) is 63.8 Å². The molecule has 2 unspecified atom stereocenters. The number of halogens is 6. The van der Waals surface area contributed by atoms with Crippen LogP contribution in [0.1, 0.15) is 81.0 Å². The van der Waals surface area contributed by atoms with E-state index in [1.807, 2.05) is 0 Å². The Balaban J connectivity index is 0.000000177. The smallest absolute Gasteiger partial charge is 0.387 e. The molecule has 82 heavy (non-hydrogen) atoms. The van der Waals surface area contributed by atoms with E-state index in [1.54, 1.807) is 133 Å². The minimum absolute atomic E-state index is 0.0149. The monoisotopic (exact) mass is 1190 g/mol. The minimum Gasteiger partial charge on any atom is -0.434 e. The first-order valence-electron chi connectivity index (χ1n) is 26.1. The van der Waals surface area contributed by atoms with Crippen LogP contribution in [0.4, 0.5) is 17.6 Å². The maximum atomic E-state index is 13.3. The first kappa shape index (κ1) is 56.3. The number of imide groups is 1. The van der Waals surface area contributed by atoms with Gasteiger partial charge in [-0.05, 0) is 121 Å². The summed E-state index contributed by atoms with van der Waals surface area (Å²) < 4.78 is 112. The number of benzene rings is 7. The molecular weight excluding hydrogens is 1140 g/mol. The normalized spacial score (nSPS) is 15.3. The number of nitrogens with one attached hydrogen (secondary N) is 2. The van der Waals surface area contributed by atoms with Gasteiger partial charge < -0.3 is 25.2 Å². The lowest BCUT2D eigenvalue weighted by atomic mass is 9.97. The number of carbonyl (C=O) groups is 2. The molecule has 422 valence electrons. The van der Waals surface area contributed by atoms with Crippen LogP contribution in [0, 0.1) is 11.8 Å². The van der Waals surface area contributed by atoms with Crippen LogP contribution < -0.4 is 15.2 Å². The topological polar surface area (TPSA) is 208 Å². The molecule has 0 bridgehead atoms. The highest BCUT2D eigenvalue weighted by Crippen LogP contribution is 2.41. The lowest BCUT2D eigenvalue weighted by molar-refractivity contribution is -0.0501. The molecule has 0 spiro atoms. The number of fused-ring (bicyclic) bond motifs is 3. The van der Waals surface area contributed by atoms with Gasteiger partial charge in [0.25, 0.3) is 11.8 Å². The van der Waals surface area contributed by atoms with Crippen LogP contribution in [-0.4, -0.2) is 91.3 Å². The molecule has 1 aliphatic heterocycles. The third-order valence-corrected chi connectivity index (χ3v) is 19.1. The van der Waals surface area contributed by atoms with Gasteiger partial charge >= 0.3 is 13.2 Å². The Morgan fingerprint density at radius 3 is 1.30 bits per heavy atom.